The summed E-state index contributed by atoms with van der Waals surface area (Å²) in [6.45, 7) is 3.61. The van der Waals surface area contributed by atoms with Crippen molar-refractivity contribution in [1.82, 2.24) is 19.8 Å². The van der Waals surface area contributed by atoms with E-state index in [1.54, 1.807) is 4.90 Å². The Morgan fingerprint density at radius 2 is 1.86 bits per heavy atom. The third-order valence-corrected chi connectivity index (χ3v) is 7.75. The first-order valence-electron chi connectivity index (χ1n) is 12.4. The van der Waals surface area contributed by atoms with Crippen LogP contribution in [0.5, 0.6) is 0 Å². The van der Waals surface area contributed by atoms with Gasteiger partial charge in [-0.1, -0.05) is 6.92 Å². The molecular formula is C25H35F3N6O. The number of rotatable bonds is 8. The quantitative estimate of drug-likeness (QED) is 0.608. The molecule has 0 unspecified atom stereocenters. The van der Waals surface area contributed by atoms with Crippen LogP contribution in [0.1, 0.15) is 44.6 Å². The lowest BCUT2D eigenvalue weighted by molar-refractivity contribution is -0.137. The molecule has 2 heterocycles. The molecule has 35 heavy (non-hydrogen) atoms. The smallest absolute Gasteiger partial charge is 0.368 e. The number of alkyl halides is 3. The summed E-state index contributed by atoms with van der Waals surface area (Å²) in [5, 5.41) is 0.275. The lowest BCUT2D eigenvalue weighted by atomic mass is 9.79. The van der Waals surface area contributed by atoms with E-state index in [1.165, 1.54) is 25.2 Å². The molecule has 192 valence electrons. The maximum atomic E-state index is 13.4. The minimum Gasteiger partial charge on any atom is -0.368 e. The number of hydrogen-bond donors (Lipinski definition) is 1. The molecule has 1 saturated carbocycles. The maximum absolute atomic E-state index is 13.4. The number of nitrogens with two attached hydrogens (primary N) is 1. The van der Waals surface area contributed by atoms with Crippen LogP contribution in [0, 0.1) is 5.92 Å². The van der Waals surface area contributed by atoms with Crippen LogP contribution >= 0.6 is 0 Å². The van der Waals surface area contributed by atoms with Crippen LogP contribution in [-0.4, -0.2) is 77.5 Å². The lowest BCUT2D eigenvalue weighted by Crippen LogP contribution is -2.64. The Labute approximate surface area is 204 Å². The highest BCUT2D eigenvalue weighted by molar-refractivity contribution is 5.92. The molecular weight excluding hydrogens is 457 g/mol. The van der Waals surface area contributed by atoms with Crippen LogP contribution in [-0.2, 0) is 11.0 Å². The number of likely N-dealkylation sites (tertiary alicyclic amines) is 1. The molecule has 2 aliphatic rings. The van der Waals surface area contributed by atoms with Gasteiger partial charge in [0, 0.05) is 30.6 Å². The monoisotopic (exact) mass is 492 g/mol. The zero-order valence-corrected chi connectivity index (χ0v) is 20.6. The third kappa shape index (κ3) is 5.53. The molecule has 1 aromatic carbocycles. The van der Waals surface area contributed by atoms with Crippen LogP contribution in [0.25, 0.3) is 10.9 Å². The van der Waals surface area contributed by atoms with Crippen molar-refractivity contribution in [3.8, 4) is 0 Å². The highest BCUT2D eigenvalue weighted by Crippen LogP contribution is 2.37. The molecule has 2 N–H and O–H groups in total. The summed E-state index contributed by atoms with van der Waals surface area (Å²) >= 11 is 0. The molecule has 2 aromatic rings. The number of nitrogens with zero attached hydrogens (tertiary/aromatic N) is 5. The van der Waals surface area contributed by atoms with Crippen molar-refractivity contribution < 1.29 is 18.0 Å². The molecule has 1 atom stereocenters. The predicted molar refractivity (Wildman–Crippen MR) is 130 cm³/mol. The standard InChI is InChI=1S/C25H35F3N6O/c1-4-22(32(2)3)16-5-8-18(9-6-16)33-12-19(13-33)34(14-23(29)35)24-20-11-17(25(26,27)28)7-10-21(20)30-15-31-24/h7,10-11,15-16,18-19,22H,4-6,8-9,12-14H2,1-3H3,(H2,29,35)/t16?,18?,22-/m1/s1. The van der Waals surface area contributed by atoms with Crippen molar-refractivity contribution in [3.05, 3.63) is 30.1 Å². The number of carbonyl (C=O) groups is 1. The summed E-state index contributed by atoms with van der Waals surface area (Å²) in [4.78, 5) is 26.8. The minimum absolute atomic E-state index is 0.0435. The molecule has 1 saturated heterocycles. The second-order valence-corrected chi connectivity index (χ2v) is 10.1. The normalized spacial score (nSPS) is 22.8. The summed E-state index contributed by atoms with van der Waals surface area (Å²) in [5.74, 6) is 0.493. The summed E-state index contributed by atoms with van der Waals surface area (Å²) in [7, 11) is 4.31. The second-order valence-electron chi connectivity index (χ2n) is 10.1. The number of hydrogen-bond acceptors (Lipinski definition) is 6. The van der Waals surface area contributed by atoms with Crippen LogP contribution in [0.3, 0.4) is 0 Å². The first-order chi connectivity index (χ1) is 16.6. The zero-order chi connectivity index (χ0) is 25.3. The molecule has 0 bridgehead atoms. The van der Waals surface area contributed by atoms with Crippen molar-refractivity contribution >= 4 is 22.6 Å². The van der Waals surface area contributed by atoms with E-state index < -0.39 is 17.6 Å². The van der Waals surface area contributed by atoms with E-state index in [1.807, 2.05) is 0 Å². The van der Waals surface area contributed by atoms with Crippen LogP contribution in [0.15, 0.2) is 24.5 Å². The van der Waals surface area contributed by atoms with Crippen molar-refractivity contribution in [2.75, 3.05) is 38.6 Å². The lowest BCUT2D eigenvalue weighted by Gasteiger charge is -2.51. The highest BCUT2D eigenvalue weighted by atomic mass is 19.4. The molecule has 0 spiro atoms. The minimum atomic E-state index is -4.48. The SMILES string of the molecule is CC[C@H](C1CCC(N2CC(N(CC(N)=O)c3ncnc4ccc(C(F)(F)F)cc34)C2)CC1)N(C)C. The van der Waals surface area contributed by atoms with E-state index in [0.717, 1.165) is 44.5 Å². The maximum Gasteiger partial charge on any atom is 0.416 e. The van der Waals surface area contributed by atoms with Gasteiger partial charge in [-0.2, -0.15) is 13.2 Å². The van der Waals surface area contributed by atoms with Gasteiger partial charge in [0.15, 0.2) is 0 Å². The Hall–Kier alpha value is -2.46. The average molecular weight is 493 g/mol. The van der Waals surface area contributed by atoms with Crippen molar-refractivity contribution in [2.45, 2.75) is 63.3 Å². The van der Waals surface area contributed by atoms with E-state index in [-0.39, 0.29) is 18.0 Å². The first kappa shape index (κ1) is 25.6. The first-order valence-corrected chi connectivity index (χ1v) is 12.4. The van der Waals surface area contributed by atoms with Crippen LogP contribution in [0.4, 0.5) is 19.0 Å². The molecule has 1 aliphatic carbocycles. The Morgan fingerprint density at radius 3 is 2.43 bits per heavy atom. The number of primary amides is 1. The van der Waals surface area contributed by atoms with Gasteiger partial charge in [-0.15, -0.1) is 0 Å². The van der Waals surface area contributed by atoms with E-state index in [2.05, 4.69) is 40.8 Å². The number of aromatic nitrogens is 2. The highest BCUT2D eigenvalue weighted by Gasteiger charge is 2.40. The molecule has 0 radical (unpaired) electrons. The molecule has 1 amide bonds. The number of fused-ring (bicyclic) bond motifs is 1. The molecule has 2 fully saturated rings. The topological polar surface area (TPSA) is 78.6 Å². The van der Waals surface area contributed by atoms with E-state index in [0.29, 0.717) is 29.3 Å². The van der Waals surface area contributed by atoms with E-state index in [9.17, 15) is 18.0 Å². The fourth-order valence-corrected chi connectivity index (χ4v) is 5.95. The largest absolute Gasteiger partial charge is 0.416 e. The predicted octanol–water partition coefficient (Wildman–Crippen LogP) is 3.52. The number of carbonyl (C=O) groups excluding carboxylic acids is 1. The van der Waals surface area contributed by atoms with Gasteiger partial charge in [-0.05, 0) is 70.3 Å². The van der Waals surface area contributed by atoms with Gasteiger partial charge < -0.3 is 15.5 Å². The molecule has 1 aromatic heterocycles. The summed E-state index contributed by atoms with van der Waals surface area (Å²) < 4.78 is 40.1. The van der Waals surface area contributed by atoms with E-state index >= 15 is 0 Å². The number of amides is 1. The zero-order valence-electron chi connectivity index (χ0n) is 20.6. The average Bonchev–Trinajstić information content (AvgIpc) is 2.77. The van der Waals surface area contributed by atoms with Gasteiger partial charge in [-0.3, -0.25) is 9.69 Å². The van der Waals surface area contributed by atoms with Gasteiger partial charge >= 0.3 is 6.18 Å². The summed E-state index contributed by atoms with van der Waals surface area (Å²) in [5.41, 5.74) is 5.16. The van der Waals surface area contributed by atoms with Gasteiger partial charge in [0.2, 0.25) is 5.91 Å². The van der Waals surface area contributed by atoms with Crippen LogP contribution < -0.4 is 10.6 Å². The molecule has 4 rings (SSSR count). The Bertz CT molecular complexity index is 1030. The van der Waals surface area contributed by atoms with Crippen molar-refractivity contribution in [2.24, 2.45) is 11.7 Å². The Morgan fingerprint density at radius 1 is 1.17 bits per heavy atom. The van der Waals surface area contributed by atoms with Gasteiger partial charge in [0.05, 0.1) is 23.7 Å². The fraction of sp³-hybridized carbons (Fsp3) is 0.640. The van der Waals surface area contributed by atoms with E-state index in [4.69, 9.17) is 5.73 Å². The molecule has 1 aliphatic heterocycles. The third-order valence-electron chi connectivity index (χ3n) is 7.75. The fourth-order valence-electron chi connectivity index (χ4n) is 5.95. The summed E-state index contributed by atoms with van der Waals surface area (Å²) in [6.07, 6.45) is 2.68. The van der Waals surface area contributed by atoms with Crippen LogP contribution in [0.2, 0.25) is 0 Å². The van der Waals surface area contributed by atoms with Gasteiger partial charge in [0.1, 0.15) is 12.1 Å². The number of benzene rings is 1. The Balaban J connectivity index is 1.48. The van der Waals surface area contributed by atoms with Gasteiger partial charge in [0.25, 0.3) is 0 Å². The molecule has 10 heteroatoms. The van der Waals surface area contributed by atoms with Gasteiger partial charge in [-0.25, -0.2) is 9.97 Å². The Kier molecular flexibility index (Phi) is 7.51. The van der Waals surface area contributed by atoms with Crippen molar-refractivity contribution in [3.63, 3.8) is 0 Å². The number of halogens is 3. The summed E-state index contributed by atoms with van der Waals surface area (Å²) in [6, 6.07) is 4.48. The number of anilines is 1. The second kappa shape index (κ2) is 10.3. The van der Waals surface area contributed by atoms with Crippen molar-refractivity contribution in [1.29, 1.82) is 0 Å². The molecule has 7 nitrogen and oxygen atoms in total.